The molecule has 1 aliphatic carbocycles. The number of amides is 2. The lowest BCUT2D eigenvalue weighted by Crippen LogP contribution is -2.46. The lowest BCUT2D eigenvalue weighted by atomic mass is 10.1. The standard InChI is InChI=1S/C18H19N3O4S/c1-10-3-4-12-13(7-10)26-17(19-12)21-9-11(8-14(21)22)15(23)20-18(5-6-18)16(24)25-2/h3-4,7,11H,5-6,8-9H2,1-2H3,(H,20,23). The van der Waals surface area contributed by atoms with Crippen molar-refractivity contribution in [1.82, 2.24) is 10.3 Å². The molecule has 2 aliphatic rings. The van der Waals surface area contributed by atoms with Crippen LogP contribution in [0.15, 0.2) is 18.2 Å². The number of benzene rings is 1. The highest BCUT2D eigenvalue weighted by Gasteiger charge is 2.53. The van der Waals surface area contributed by atoms with Gasteiger partial charge in [0.1, 0.15) is 5.54 Å². The van der Waals surface area contributed by atoms with E-state index in [1.807, 2.05) is 25.1 Å². The van der Waals surface area contributed by atoms with Crippen molar-refractivity contribution in [1.29, 1.82) is 0 Å². The fourth-order valence-electron chi connectivity index (χ4n) is 3.24. The molecule has 26 heavy (non-hydrogen) atoms. The molecule has 0 spiro atoms. The Bertz CT molecular complexity index is 918. The highest BCUT2D eigenvalue weighted by atomic mass is 32.1. The lowest BCUT2D eigenvalue weighted by molar-refractivity contribution is -0.146. The summed E-state index contributed by atoms with van der Waals surface area (Å²) < 4.78 is 5.77. The normalized spacial score (nSPS) is 21.1. The van der Waals surface area contributed by atoms with Gasteiger partial charge in [-0.25, -0.2) is 9.78 Å². The van der Waals surface area contributed by atoms with Gasteiger partial charge in [-0.1, -0.05) is 17.4 Å². The van der Waals surface area contributed by atoms with Crippen molar-refractivity contribution in [2.24, 2.45) is 5.92 Å². The molecule has 1 unspecified atom stereocenters. The third-order valence-corrected chi connectivity index (χ3v) is 5.99. The number of aryl methyl sites for hydroxylation is 1. The molecule has 1 aliphatic heterocycles. The first-order chi connectivity index (χ1) is 12.4. The van der Waals surface area contributed by atoms with Gasteiger partial charge in [-0.2, -0.15) is 0 Å². The van der Waals surface area contributed by atoms with Crippen LogP contribution < -0.4 is 10.2 Å². The summed E-state index contributed by atoms with van der Waals surface area (Å²) in [6.45, 7) is 2.29. The zero-order valence-corrected chi connectivity index (χ0v) is 15.4. The Morgan fingerprint density at radius 2 is 2.15 bits per heavy atom. The predicted molar refractivity (Wildman–Crippen MR) is 96.9 cm³/mol. The van der Waals surface area contributed by atoms with E-state index in [1.165, 1.54) is 18.4 Å². The first kappa shape index (κ1) is 17.0. The van der Waals surface area contributed by atoms with Crippen molar-refractivity contribution < 1.29 is 19.1 Å². The molecule has 2 aromatic rings. The van der Waals surface area contributed by atoms with Crippen molar-refractivity contribution in [3.05, 3.63) is 23.8 Å². The maximum Gasteiger partial charge on any atom is 0.331 e. The average molecular weight is 373 g/mol. The van der Waals surface area contributed by atoms with E-state index in [-0.39, 0.29) is 24.8 Å². The molecule has 1 aromatic carbocycles. The maximum absolute atomic E-state index is 12.5. The molecule has 1 atom stereocenters. The Labute approximate surface area is 154 Å². The Hall–Kier alpha value is -2.48. The minimum Gasteiger partial charge on any atom is -0.467 e. The minimum absolute atomic E-state index is 0.121. The molecule has 4 rings (SSSR count). The molecule has 1 saturated heterocycles. The number of rotatable bonds is 4. The summed E-state index contributed by atoms with van der Waals surface area (Å²) in [4.78, 5) is 42.9. The number of nitrogens with zero attached hydrogens (tertiary/aromatic N) is 2. The van der Waals surface area contributed by atoms with E-state index in [0.717, 1.165) is 15.8 Å². The second-order valence-electron chi connectivity index (χ2n) is 6.94. The zero-order chi connectivity index (χ0) is 18.5. The summed E-state index contributed by atoms with van der Waals surface area (Å²) in [5.74, 6) is -1.31. The van der Waals surface area contributed by atoms with Crippen LogP contribution >= 0.6 is 11.3 Å². The van der Waals surface area contributed by atoms with Crippen LogP contribution in [0.3, 0.4) is 0 Å². The van der Waals surface area contributed by atoms with E-state index in [9.17, 15) is 14.4 Å². The number of thiazole rings is 1. The van der Waals surface area contributed by atoms with Crippen molar-refractivity contribution in [3.63, 3.8) is 0 Å². The number of hydrogen-bond donors (Lipinski definition) is 1. The van der Waals surface area contributed by atoms with Gasteiger partial charge in [0, 0.05) is 13.0 Å². The fraction of sp³-hybridized carbons (Fsp3) is 0.444. The van der Waals surface area contributed by atoms with E-state index in [2.05, 4.69) is 10.3 Å². The Kier molecular flexibility index (Phi) is 3.95. The number of carbonyl (C=O) groups is 3. The van der Waals surface area contributed by atoms with Crippen LogP contribution in [0.4, 0.5) is 5.13 Å². The third kappa shape index (κ3) is 2.84. The summed E-state index contributed by atoms with van der Waals surface area (Å²) >= 11 is 1.45. The van der Waals surface area contributed by atoms with E-state index in [1.54, 1.807) is 4.90 Å². The number of ether oxygens (including phenoxy) is 1. The maximum atomic E-state index is 12.5. The van der Waals surface area contributed by atoms with Gasteiger partial charge < -0.3 is 10.1 Å². The van der Waals surface area contributed by atoms with Crippen molar-refractivity contribution in [2.75, 3.05) is 18.6 Å². The monoisotopic (exact) mass is 373 g/mol. The second-order valence-corrected chi connectivity index (χ2v) is 7.95. The van der Waals surface area contributed by atoms with Crippen LogP contribution in [-0.4, -0.2) is 42.0 Å². The number of aromatic nitrogens is 1. The molecule has 0 radical (unpaired) electrons. The molecule has 2 amide bonds. The summed E-state index contributed by atoms with van der Waals surface area (Å²) in [7, 11) is 1.31. The van der Waals surface area contributed by atoms with Crippen molar-refractivity contribution in [3.8, 4) is 0 Å². The second kappa shape index (κ2) is 6.05. The first-order valence-electron chi connectivity index (χ1n) is 8.50. The van der Waals surface area contributed by atoms with E-state index >= 15 is 0 Å². The lowest BCUT2D eigenvalue weighted by Gasteiger charge is -2.17. The minimum atomic E-state index is -0.893. The fourth-order valence-corrected chi connectivity index (χ4v) is 4.33. The number of nitrogens with one attached hydrogen (secondary N) is 1. The zero-order valence-electron chi connectivity index (χ0n) is 14.6. The number of anilines is 1. The van der Waals surface area contributed by atoms with E-state index < -0.39 is 17.4 Å². The van der Waals surface area contributed by atoms with Gasteiger partial charge in [0.15, 0.2) is 5.13 Å². The van der Waals surface area contributed by atoms with E-state index in [0.29, 0.717) is 18.0 Å². The molecule has 1 N–H and O–H groups in total. The van der Waals surface area contributed by atoms with Crippen LogP contribution in [0.25, 0.3) is 10.2 Å². The van der Waals surface area contributed by atoms with Gasteiger partial charge in [0.05, 0.1) is 23.2 Å². The predicted octanol–water partition coefficient (Wildman–Crippen LogP) is 1.78. The average Bonchev–Trinajstić information content (AvgIpc) is 3.10. The first-order valence-corrected chi connectivity index (χ1v) is 9.31. The molecular weight excluding hydrogens is 354 g/mol. The van der Waals surface area contributed by atoms with E-state index in [4.69, 9.17) is 4.74 Å². The Morgan fingerprint density at radius 3 is 2.85 bits per heavy atom. The molecule has 1 aromatic heterocycles. The quantitative estimate of drug-likeness (QED) is 0.826. The smallest absolute Gasteiger partial charge is 0.331 e. The third-order valence-electron chi connectivity index (χ3n) is 4.95. The highest BCUT2D eigenvalue weighted by Crippen LogP contribution is 2.38. The summed E-state index contributed by atoms with van der Waals surface area (Å²) in [6, 6.07) is 5.95. The molecular formula is C18H19N3O4S. The SMILES string of the molecule is COC(=O)C1(NC(=O)C2CC(=O)N(c3nc4ccc(C)cc4s3)C2)CC1. The molecule has 0 bridgehead atoms. The van der Waals surface area contributed by atoms with Crippen LogP contribution in [0.5, 0.6) is 0 Å². The van der Waals surface area contributed by atoms with Crippen LogP contribution in [0, 0.1) is 12.8 Å². The van der Waals surface area contributed by atoms with Crippen molar-refractivity contribution >= 4 is 44.5 Å². The number of hydrogen-bond acceptors (Lipinski definition) is 6. The van der Waals surface area contributed by atoms with Gasteiger partial charge in [-0.05, 0) is 37.5 Å². The molecule has 1 saturated carbocycles. The number of esters is 1. The van der Waals surface area contributed by atoms with Gasteiger partial charge in [-0.15, -0.1) is 0 Å². The van der Waals surface area contributed by atoms with Crippen LogP contribution in [0.1, 0.15) is 24.8 Å². The summed E-state index contributed by atoms with van der Waals surface area (Å²) in [5, 5.41) is 3.39. The summed E-state index contributed by atoms with van der Waals surface area (Å²) in [5.41, 5.74) is 1.09. The van der Waals surface area contributed by atoms with Gasteiger partial charge in [-0.3, -0.25) is 14.5 Å². The van der Waals surface area contributed by atoms with Crippen LogP contribution in [-0.2, 0) is 19.1 Å². The number of methoxy groups -OCH3 is 1. The highest BCUT2D eigenvalue weighted by molar-refractivity contribution is 7.22. The van der Waals surface area contributed by atoms with Gasteiger partial charge in [0.2, 0.25) is 11.8 Å². The topological polar surface area (TPSA) is 88.6 Å². The largest absolute Gasteiger partial charge is 0.467 e. The van der Waals surface area contributed by atoms with Crippen molar-refractivity contribution in [2.45, 2.75) is 31.7 Å². The Balaban J connectivity index is 1.49. The van der Waals surface area contributed by atoms with Crippen LogP contribution in [0.2, 0.25) is 0 Å². The molecule has 8 heteroatoms. The number of fused-ring (bicyclic) bond motifs is 1. The van der Waals surface area contributed by atoms with Gasteiger partial charge in [0.25, 0.3) is 0 Å². The molecule has 2 heterocycles. The number of carbonyl (C=O) groups excluding carboxylic acids is 3. The molecule has 136 valence electrons. The summed E-state index contributed by atoms with van der Waals surface area (Å²) in [6.07, 6.45) is 1.28. The van der Waals surface area contributed by atoms with Gasteiger partial charge >= 0.3 is 5.97 Å². The molecule has 2 fully saturated rings. The molecule has 7 nitrogen and oxygen atoms in total. The Morgan fingerprint density at radius 1 is 1.38 bits per heavy atom.